The highest BCUT2D eigenvalue weighted by Crippen LogP contribution is 2.18. The number of benzene rings is 1. The number of hydrogen-bond acceptors (Lipinski definition) is 3. The number of pyridine rings is 1. The highest BCUT2D eigenvalue weighted by atomic mass is 16.5. The normalized spacial score (nSPS) is 10.5. The van der Waals surface area contributed by atoms with Crippen molar-refractivity contribution in [2.75, 3.05) is 6.61 Å². The summed E-state index contributed by atoms with van der Waals surface area (Å²) in [6.07, 6.45) is 1.59. The molecule has 0 aliphatic carbocycles. The number of hydrogen-bond donors (Lipinski definition) is 1. The predicted molar refractivity (Wildman–Crippen MR) is 83.8 cm³/mol. The van der Waals surface area contributed by atoms with E-state index in [0.717, 1.165) is 16.9 Å². The molecule has 0 radical (unpaired) electrons. The number of aromatic nitrogens is 1. The minimum atomic E-state index is -1.20. The van der Waals surface area contributed by atoms with Crippen LogP contribution in [0.4, 0.5) is 0 Å². The lowest BCUT2D eigenvalue weighted by atomic mass is 10.1. The van der Waals surface area contributed by atoms with E-state index in [2.05, 4.69) is 0 Å². The summed E-state index contributed by atoms with van der Waals surface area (Å²) in [5, 5.41) is 9.10. The van der Waals surface area contributed by atoms with Gasteiger partial charge in [-0.25, -0.2) is 4.79 Å². The molecule has 2 aromatic rings. The van der Waals surface area contributed by atoms with E-state index in [1.165, 1.54) is 4.57 Å². The van der Waals surface area contributed by atoms with Crippen LogP contribution in [0.2, 0.25) is 0 Å². The number of aromatic carboxylic acids is 1. The highest BCUT2D eigenvalue weighted by molar-refractivity contribution is 5.88. The van der Waals surface area contributed by atoms with Crippen molar-refractivity contribution in [3.63, 3.8) is 0 Å². The zero-order valence-corrected chi connectivity index (χ0v) is 12.9. The molecule has 0 fully saturated rings. The van der Waals surface area contributed by atoms with Crippen molar-refractivity contribution < 1.29 is 14.6 Å². The average molecular weight is 301 g/mol. The molecule has 0 spiro atoms. The van der Waals surface area contributed by atoms with Crippen LogP contribution in [0.5, 0.6) is 5.75 Å². The molecular formula is C17H19NO4. The molecule has 0 aliphatic rings. The molecule has 0 aliphatic heterocycles. The van der Waals surface area contributed by atoms with Gasteiger partial charge in [-0.3, -0.25) is 4.79 Å². The third kappa shape index (κ3) is 3.36. The summed E-state index contributed by atoms with van der Waals surface area (Å²) in [6.45, 7) is 6.14. The van der Waals surface area contributed by atoms with Gasteiger partial charge in [-0.15, -0.1) is 0 Å². The van der Waals surface area contributed by atoms with Gasteiger partial charge in [0, 0.05) is 6.20 Å². The molecule has 0 saturated carbocycles. The second-order valence-electron chi connectivity index (χ2n) is 5.29. The zero-order chi connectivity index (χ0) is 16.3. The number of rotatable bonds is 5. The molecule has 116 valence electrons. The summed E-state index contributed by atoms with van der Waals surface area (Å²) in [4.78, 5) is 23.2. The quantitative estimate of drug-likeness (QED) is 0.921. The number of carboxylic acid groups (broad SMARTS) is 1. The summed E-state index contributed by atoms with van der Waals surface area (Å²) < 4.78 is 7.06. The summed E-state index contributed by atoms with van der Waals surface area (Å²) >= 11 is 0. The first-order chi connectivity index (χ1) is 10.4. The van der Waals surface area contributed by atoms with Crippen molar-refractivity contribution in [3.05, 3.63) is 63.1 Å². The molecule has 0 saturated heterocycles. The second kappa shape index (κ2) is 6.47. The minimum Gasteiger partial charge on any atom is -0.491 e. The monoisotopic (exact) mass is 301 g/mol. The fraction of sp³-hybridized carbons (Fsp3) is 0.294. The Bertz CT molecular complexity index is 762. The van der Waals surface area contributed by atoms with Gasteiger partial charge >= 0.3 is 5.97 Å². The van der Waals surface area contributed by atoms with Crippen LogP contribution < -0.4 is 10.3 Å². The Morgan fingerprint density at radius 2 is 1.91 bits per heavy atom. The first-order valence-electron chi connectivity index (χ1n) is 7.03. The first-order valence-corrected chi connectivity index (χ1v) is 7.03. The van der Waals surface area contributed by atoms with Crippen LogP contribution in [0.3, 0.4) is 0 Å². The zero-order valence-electron chi connectivity index (χ0n) is 12.9. The molecule has 0 atom stereocenters. The number of ether oxygens (including phenoxy) is 1. The maximum atomic E-state index is 12.1. The molecule has 5 heteroatoms. The van der Waals surface area contributed by atoms with E-state index in [1.807, 2.05) is 32.0 Å². The molecule has 0 amide bonds. The summed E-state index contributed by atoms with van der Waals surface area (Å²) in [5.41, 5.74) is 1.89. The lowest BCUT2D eigenvalue weighted by Crippen LogP contribution is -2.28. The van der Waals surface area contributed by atoms with E-state index in [1.54, 1.807) is 19.2 Å². The standard InChI is InChI=1S/C17H19NO4/c1-11-4-5-12(2)14(10-11)22-9-8-18-7-6-13(3)15(16(18)19)17(20)21/h4-7,10H,8-9H2,1-3H3,(H,20,21). The third-order valence-electron chi connectivity index (χ3n) is 3.52. The second-order valence-corrected chi connectivity index (χ2v) is 5.29. The van der Waals surface area contributed by atoms with Gasteiger partial charge < -0.3 is 14.4 Å². The van der Waals surface area contributed by atoms with Gasteiger partial charge in [0.1, 0.15) is 17.9 Å². The molecule has 5 nitrogen and oxygen atoms in total. The van der Waals surface area contributed by atoms with Gasteiger partial charge in [0.15, 0.2) is 0 Å². The van der Waals surface area contributed by atoms with Crippen molar-refractivity contribution in [2.24, 2.45) is 0 Å². The minimum absolute atomic E-state index is 0.186. The molecule has 1 aromatic heterocycles. The highest BCUT2D eigenvalue weighted by Gasteiger charge is 2.14. The van der Waals surface area contributed by atoms with Gasteiger partial charge in [0.2, 0.25) is 0 Å². The van der Waals surface area contributed by atoms with E-state index in [9.17, 15) is 9.59 Å². The summed E-state index contributed by atoms with van der Waals surface area (Å²) in [5.74, 6) is -0.425. The van der Waals surface area contributed by atoms with E-state index < -0.39 is 11.5 Å². The van der Waals surface area contributed by atoms with E-state index in [0.29, 0.717) is 18.7 Å². The maximum absolute atomic E-state index is 12.1. The number of nitrogens with zero attached hydrogens (tertiary/aromatic N) is 1. The molecular weight excluding hydrogens is 282 g/mol. The van der Waals surface area contributed by atoms with E-state index >= 15 is 0 Å². The largest absolute Gasteiger partial charge is 0.491 e. The SMILES string of the molecule is Cc1ccc(C)c(OCCn2ccc(C)c(C(=O)O)c2=O)c1. The molecule has 1 heterocycles. The third-order valence-corrected chi connectivity index (χ3v) is 3.52. The van der Waals surface area contributed by atoms with Gasteiger partial charge in [-0.05, 0) is 49.6 Å². The van der Waals surface area contributed by atoms with Crippen molar-refractivity contribution in [3.8, 4) is 5.75 Å². The lowest BCUT2D eigenvalue weighted by molar-refractivity contribution is 0.0693. The van der Waals surface area contributed by atoms with Crippen LogP contribution in [0, 0.1) is 20.8 Å². The fourth-order valence-electron chi connectivity index (χ4n) is 2.22. The number of carbonyl (C=O) groups is 1. The number of carboxylic acids is 1. The van der Waals surface area contributed by atoms with Gasteiger partial charge in [-0.2, -0.15) is 0 Å². The fourth-order valence-corrected chi connectivity index (χ4v) is 2.22. The topological polar surface area (TPSA) is 68.5 Å². The van der Waals surface area contributed by atoms with Gasteiger partial charge in [0.25, 0.3) is 5.56 Å². The van der Waals surface area contributed by atoms with Crippen LogP contribution in [0.15, 0.2) is 35.3 Å². The van der Waals surface area contributed by atoms with Crippen LogP contribution in [0.25, 0.3) is 0 Å². The number of aryl methyl sites for hydroxylation is 3. The van der Waals surface area contributed by atoms with Gasteiger partial charge in [0.05, 0.1) is 6.54 Å². The Morgan fingerprint density at radius 3 is 2.59 bits per heavy atom. The lowest BCUT2D eigenvalue weighted by Gasteiger charge is -2.12. The Balaban J connectivity index is 2.13. The Labute approximate surface area is 128 Å². The Hall–Kier alpha value is -2.56. The maximum Gasteiger partial charge on any atom is 0.341 e. The van der Waals surface area contributed by atoms with E-state index in [4.69, 9.17) is 9.84 Å². The smallest absolute Gasteiger partial charge is 0.341 e. The Kier molecular flexibility index (Phi) is 4.65. The molecule has 1 aromatic carbocycles. The van der Waals surface area contributed by atoms with Crippen LogP contribution in [0.1, 0.15) is 27.0 Å². The summed E-state index contributed by atoms with van der Waals surface area (Å²) in [6, 6.07) is 7.55. The molecule has 2 rings (SSSR count). The van der Waals surface area contributed by atoms with Gasteiger partial charge in [-0.1, -0.05) is 12.1 Å². The predicted octanol–water partition coefficient (Wildman–Crippen LogP) is 2.55. The van der Waals surface area contributed by atoms with Crippen molar-refractivity contribution >= 4 is 5.97 Å². The first kappa shape index (κ1) is 15.8. The Morgan fingerprint density at radius 1 is 1.18 bits per heavy atom. The molecule has 22 heavy (non-hydrogen) atoms. The van der Waals surface area contributed by atoms with Crippen molar-refractivity contribution in [1.82, 2.24) is 4.57 Å². The van der Waals surface area contributed by atoms with Crippen LogP contribution in [-0.2, 0) is 6.54 Å². The average Bonchev–Trinajstić information content (AvgIpc) is 2.44. The van der Waals surface area contributed by atoms with Crippen molar-refractivity contribution in [1.29, 1.82) is 0 Å². The van der Waals surface area contributed by atoms with E-state index in [-0.39, 0.29) is 5.56 Å². The molecule has 0 bridgehead atoms. The molecule has 1 N–H and O–H groups in total. The summed E-state index contributed by atoms with van der Waals surface area (Å²) in [7, 11) is 0. The van der Waals surface area contributed by atoms with Crippen LogP contribution >= 0.6 is 0 Å². The van der Waals surface area contributed by atoms with Crippen LogP contribution in [-0.4, -0.2) is 22.2 Å². The van der Waals surface area contributed by atoms with Crippen molar-refractivity contribution in [2.45, 2.75) is 27.3 Å². The molecule has 0 unspecified atom stereocenters.